The third-order valence-electron chi connectivity index (χ3n) is 5.79. The van der Waals surface area contributed by atoms with Gasteiger partial charge >= 0.3 is 6.03 Å². The number of likely N-dealkylation sites (tertiary alicyclic amines) is 1. The number of nitrogens with zero attached hydrogens (tertiary/aromatic N) is 4. The molecule has 2 aliphatic rings. The third-order valence-corrected chi connectivity index (χ3v) is 5.79. The molecule has 1 aromatic heterocycles. The number of carbonyl (C=O) groups excluding carboxylic acids is 2. The van der Waals surface area contributed by atoms with Crippen molar-refractivity contribution in [3.8, 4) is 0 Å². The predicted molar refractivity (Wildman–Crippen MR) is 108 cm³/mol. The summed E-state index contributed by atoms with van der Waals surface area (Å²) in [6.07, 6.45) is 8.13. The molecule has 2 heterocycles. The molecular formula is C21H28N6O2. The molecule has 0 unspecified atom stereocenters. The Balaban J connectivity index is 1.30. The van der Waals surface area contributed by atoms with Crippen LogP contribution in [0.15, 0.2) is 36.5 Å². The summed E-state index contributed by atoms with van der Waals surface area (Å²) in [4.78, 5) is 26.9. The van der Waals surface area contributed by atoms with Crippen LogP contribution < -0.4 is 10.6 Å². The minimum absolute atomic E-state index is 0.0281. The number of rotatable bonds is 6. The average Bonchev–Trinajstić information content (AvgIpc) is 3.49. The zero-order valence-corrected chi connectivity index (χ0v) is 16.6. The molecule has 1 aromatic carbocycles. The summed E-state index contributed by atoms with van der Waals surface area (Å²) in [6.45, 7) is 1.77. The molecule has 4 rings (SSSR count). The molecule has 8 nitrogen and oxygen atoms in total. The molecule has 0 bridgehead atoms. The van der Waals surface area contributed by atoms with Gasteiger partial charge in [-0.2, -0.15) is 0 Å². The Morgan fingerprint density at radius 3 is 2.66 bits per heavy atom. The van der Waals surface area contributed by atoms with Crippen LogP contribution in [0.2, 0.25) is 0 Å². The van der Waals surface area contributed by atoms with E-state index < -0.39 is 0 Å². The van der Waals surface area contributed by atoms with Crippen LogP contribution in [0, 0.1) is 0 Å². The molecule has 154 valence electrons. The maximum atomic E-state index is 12.6. The van der Waals surface area contributed by atoms with Gasteiger partial charge in [0.1, 0.15) is 0 Å². The zero-order valence-electron chi connectivity index (χ0n) is 16.6. The lowest BCUT2D eigenvalue weighted by molar-refractivity contribution is 0.0945. The largest absolute Gasteiger partial charge is 0.347 e. The molecule has 1 saturated heterocycles. The zero-order chi connectivity index (χ0) is 20.1. The first-order valence-electron chi connectivity index (χ1n) is 10.5. The Morgan fingerprint density at radius 2 is 1.86 bits per heavy atom. The van der Waals surface area contributed by atoms with Crippen LogP contribution in [0.25, 0.3) is 0 Å². The lowest BCUT2D eigenvalue weighted by atomic mass is 10.2. The number of aromatic nitrogens is 3. The first-order valence-corrected chi connectivity index (χ1v) is 10.5. The molecule has 0 radical (unpaired) electrons. The minimum atomic E-state index is -0.248. The molecule has 2 aromatic rings. The van der Waals surface area contributed by atoms with Gasteiger partial charge in [-0.25, -0.2) is 9.48 Å². The summed E-state index contributed by atoms with van der Waals surface area (Å²) in [5, 5.41) is 14.1. The quantitative estimate of drug-likeness (QED) is 0.784. The maximum Gasteiger partial charge on any atom is 0.317 e. The third kappa shape index (κ3) is 4.93. The second kappa shape index (κ2) is 9.07. The van der Waals surface area contributed by atoms with Gasteiger partial charge in [0.05, 0.1) is 18.8 Å². The lowest BCUT2D eigenvalue weighted by Crippen LogP contribution is -2.47. The molecule has 1 aliphatic carbocycles. The number of benzene rings is 1. The van der Waals surface area contributed by atoms with E-state index in [9.17, 15) is 9.59 Å². The minimum Gasteiger partial charge on any atom is -0.347 e. The van der Waals surface area contributed by atoms with Crippen molar-refractivity contribution < 1.29 is 9.59 Å². The van der Waals surface area contributed by atoms with Crippen LogP contribution in [0.1, 0.15) is 54.6 Å². The van der Waals surface area contributed by atoms with Crippen LogP contribution in [-0.4, -0.2) is 50.5 Å². The summed E-state index contributed by atoms with van der Waals surface area (Å²) >= 11 is 0. The average molecular weight is 396 g/mol. The van der Waals surface area contributed by atoms with Gasteiger partial charge in [-0.3, -0.25) is 4.79 Å². The number of amides is 3. The van der Waals surface area contributed by atoms with Crippen molar-refractivity contribution in [2.45, 2.75) is 63.7 Å². The highest BCUT2D eigenvalue weighted by Gasteiger charge is 2.31. The molecule has 0 spiro atoms. The molecule has 2 N–H and O–H groups in total. The van der Waals surface area contributed by atoms with Crippen molar-refractivity contribution in [1.29, 1.82) is 0 Å². The Kier molecular flexibility index (Phi) is 6.07. The molecule has 8 heteroatoms. The predicted octanol–water partition coefficient (Wildman–Crippen LogP) is 2.32. The molecule has 29 heavy (non-hydrogen) atoms. The maximum absolute atomic E-state index is 12.6. The van der Waals surface area contributed by atoms with E-state index in [4.69, 9.17) is 0 Å². The Morgan fingerprint density at radius 1 is 1.07 bits per heavy atom. The standard InChI is InChI=1S/C21H28N6O2/c28-20(22-13-16-7-2-1-3-8-16)19-15-26(25-24-19)14-18-11-6-12-27(18)21(29)23-17-9-4-5-10-17/h1-3,7-8,15,17-18H,4-6,9-14H2,(H,22,28)(H,23,29)/t18-/m0/s1. The van der Waals surface area contributed by atoms with Crippen LogP contribution in [0.4, 0.5) is 4.79 Å². The second-order valence-corrected chi connectivity index (χ2v) is 7.91. The van der Waals surface area contributed by atoms with E-state index in [0.29, 0.717) is 24.8 Å². The van der Waals surface area contributed by atoms with Gasteiger partial charge in [-0.05, 0) is 31.2 Å². The van der Waals surface area contributed by atoms with Gasteiger partial charge < -0.3 is 15.5 Å². The van der Waals surface area contributed by atoms with E-state index in [0.717, 1.165) is 37.8 Å². The Bertz CT molecular complexity index is 831. The summed E-state index contributed by atoms with van der Waals surface area (Å²) in [5.41, 5.74) is 1.32. The summed E-state index contributed by atoms with van der Waals surface area (Å²) in [6, 6.07) is 10.2. The smallest absolute Gasteiger partial charge is 0.317 e. The van der Waals surface area contributed by atoms with Crippen LogP contribution in [-0.2, 0) is 13.1 Å². The van der Waals surface area contributed by atoms with Gasteiger partial charge in [-0.15, -0.1) is 5.10 Å². The van der Waals surface area contributed by atoms with E-state index in [-0.39, 0.29) is 18.0 Å². The molecule has 1 saturated carbocycles. The topological polar surface area (TPSA) is 92.2 Å². The van der Waals surface area contributed by atoms with Gasteiger partial charge in [0.2, 0.25) is 0 Å². The van der Waals surface area contributed by atoms with Crippen molar-refractivity contribution in [2.24, 2.45) is 0 Å². The van der Waals surface area contributed by atoms with Crippen LogP contribution in [0.3, 0.4) is 0 Å². The van der Waals surface area contributed by atoms with E-state index >= 15 is 0 Å². The Hall–Kier alpha value is -2.90. The fourth-order valence-electron chi connectivity index (χ4n) is 4.20. The van der Waals surface area contributed by atoms with Crippen molar-refractivity contribution in [2.75, 3.05) is 6.54 Å². The Labute approximate surface area is 170 Å². The van der Waals surface area contributed by atoms with E-state index in [1.165, 1.54) is 12.8 Å². The fraction of sp³-hybridized carbons (Fsp3) is 0.524. The monoisotopic (exact) mass is 396 g/mol. The number of urea groups is 1. The van der Waals surface area contributed by atoms with Gasteiger partial charge in [0.25, 0.3) is 5.91 Å². The molecular weight excluding hydrogens is 368 g/mol. The van der Waals surface area contributed by atoms with Crippen molar-refractivity contribution in [1.82, 2.24) is 30.5 Å². The van der Waals surface area contributed by atoms with E-state index in [2.05, 4.69) is 20.9 Å². The SMILES string of the molecule is O=C(NCc1ccccc1)c1cn(C[C@@H]2CCCN2C(=O)NC2CCCC2)nn1. The molecule has 3 amide bonds. The number of carbonyl (C=O) groups is 2. The van der Waals surface area contributed by atoms with Gasteiger partial charge in [-0.1, -0.05) is 48.4 Å². The van der Waals surface area contributed by atoms with Crippen LogP contribution in [0.5, 0.6) is 0 Å². The molecule has 1 atom stereocenters. The molecule has 1 aliphatic heterocycles. The number of hydrogen-bond acceptors (Lipinski definition) is 4. The first-order chi connectivity index (χ1) is 14.2. The summed E-state index contributed by atoms with van der Waals surface area (Å²) in [5.74, 6) is -0.248. The first kappa shape index (κ1) is 19.4. The number of nitrogens with one attached hydrogen (secondary N) is 2. The van der Waals surface area contributed by atoms with Crippen molar-refractivity contribution in [3.05, 3.63) is 47.8 Å². The van der Waals surface area contributed by atoms with Crippen molar-refractivity contribution >= 4 is 11.9 Å². The lowest BCUT2D eigenvalue weighted by Gasteiger charge is -2.26. The number of hydrogen-bond donors (Lipinski definition) is 2. The van der Waals surface area contributed by atoms with E-state index in [1.54, 1.807) is 10.9 Å². The fourth-order valence-corrected chi connectivity index (χ4v) is 4.20. The van der Waals surface area contributed by atoms with E-state index in [1.807, 2.05) is 35.2 Å². The summed E-state index contributed by atoms with van der Waals surface area (Å²) < 4.78 is 1.67. The second-order valence-electron chi connectivity index (χ2n) is 7.91. The van der Waals surface area contributed by atoms with Gasteiger partial charge in [0, 0.05) is 19.1 Å². The van der Waals surface area contributed by atoms with Crippen molar-refractivity contribution in [3.63, 3.8) is 0 Å². The van der Waals surface area contributed by atoms with Gasteiger partial charge in [0.15, 0.2) is 5.69 Å². The highest BCUT2D eigenvalue weighted by molar-refractivity contribution is 5.91. The summed E-state index contributed by atoms with van der Waals surface area (Å²) in [7, 11) is 0. The molecule has 2 fully saturated rings. The normalized spacial score (nSPS) is 19.4. The van der Waals surface area contributed by atoms with Crippen LogP contribution >= 0.6 is 0 Å². The highest BCUT2D eigenvalue weighted by Crippen LogP contribution is 2.21. The highest BCUT2D eigenvalue weighted by atomic mass is 16.2.